The molecule has 0 saturated carbocycles. The first-order valence-corrected chi connectivity index (χ1v) is 10.7. The zero-order chi connectivity index (χ0) is 20.4. The van der Waals surface area contributed by atoms with E-state index in [4.69, 9.17) is 0 Å². The van der Waals surface area contributed by atoms with Crippen molar-refractivity contribution in [3.05, 3.63) is 60.2 Å². The van der Waals surface area contributed by atoms with E-state index in [-0.39, 0.29) is 23.2 Å². The Morgan fingerprint density at radius 1 is 0.929 bits per heavy atom. The lowest BCUT2D eigenvalue weighted by atomic mass is 10.1. The Balaban J connectivity index is 1.83. The summed E-state index contributed by atoms with van der Waals surface area (Å²) in [4.78, 5) is 24.4. The smallest absolute Gasteiger partial charge is 0.323 e. The number of hydrogen-bond acceptors (Lipinski definition) is 3. The molecule has 6 heteroatoms. The maximum absolute atomic E-state index is 12.3. The van der Waals surface area contributed by atoms with Crippen molar-refractivity contribution in [3.63, 3.8) is 0 Å². The largest absolute Gasteiger partial charge is 0.349 e. The Bertz CT molecular complexity index is 750. The zero-order valence-electron chi connectivity index (χ0n) is 16.7. The topological polar surface area (TPSA) is 70.2 Å². The first-order chi connectivity index (χ1) is 13.5. The van der Waals surface area contributed by atoms with Crippen LogP contribution in [0.15, 0.2) is 54.6 Å². The minimum Gasteiger partial charge on any atom is -0.349 e. The van der Waals surface area contributed by atoms with Crippen LogP contribution in [0.25, 0.3) is 0 Å². The molecule has 3 amide bonds. The molecule has 2 aromatic rings. The summed E-state index contributed by atoms with van der Waals surface area (Å²) >= 11 is 1.69. The molecule has 2 rings (SSSR count). The summed E-state index contributed by atoms with van der Waals surface area (Å²) in [5.74, 6) is 1.06. The first kappa shape index (κ1) is 21.8. The number of thioether (sulfide) groups is 1. The molecule has 0 aromatic heterocycles. The van der Waals surface area contributed by atoms with Crippen molar-refractivity contribution in [2.24, 2.45) is 0 Å². The molecular weight excluding hydrogens is 370 g/mol. The molecule has 0 aliphatic heterocycles. The van der Waals surface area contributed by atoms with Crippen LogP contribution in [-0.2, 0) is 4.79 Å². The molecule has 0 bridgehead atoms. The molecule has 0 aliphatic carbocycles. The Kier molecular flexibility index (Phi) is 8.88. The van der Waals surface area contributed by atoms with Gasteiger partial charge in [0, 0.05) is 11.4 Å². The highest BCUT2D eigenvalue weighted by Gasteiger charge is 2.16. The summed E-state index contributed by atoms with van der Waals surface area (Å²) < 4.78 is 0. The molecule has 2 unspecified atom stereocenters. The Labute approximate surface area is 171 Å². The number of amides is 3. The summed E-state index contributed by atoms with van der Waals surface area (Å²) in [5, 5.41) is 8.58. The predicted octanol–water partition coefficient (Wildman–Crippen LogP) is 5.43. The number of benzene rings is 2. The van der Waals surface area contributed by atoms with Gasteiger partial charge < -0.3 is 16.0 Å². The molecule has 2 atom stereocenters. The fourth-order valence-corrected chi connectivity index (χ4v) is 3.59. The highest BCUT2D eigenvalue weighted by molar-refractivity contribution is 8.00. The quantitative estimate of drug-likeness (QED) is 0.492. The highest BCUT2D eigenvalue weighted by atomic mass is 32.2. The Hall–Kier alpha value is -2.47. The minimum absolute atomic E-state index is 0.0537. The van der Waals surface area contributed by atoms with E-state index in [0.717, 1.165) is 29.8 Å². The first-order valence-electron chi connectivity index (χ1n) is 9.64. The summed E-state index contributed by atoms with van der Waals surface area (Å²) in [5.41, 5.74) is 2.42. The Morgan fingerprint density at radius 3 is 2.14 bits per heavy atom. The van der Waals surface area contributed by atoms with Gasteiger partial charge in [-0.1, -0.05) is 43.7 Å². The van der Waals surface area contributed by atoms with Crippen LogP contribution in [0.2, 0.25) is 0 Å². The van der Waals surface area contributed by atoms with Crippen LogP contribution < -0.4 is 16.0 Å². The van der Waals surface area contributed by atoms with Gasteiger partial charge in [-0.25, -0.2) is 4.79 Å². The molecule has 0 radical (unpaired) electrons. The van der Waals surface area contributed by atoms with Crippen molar-refractivity contribution in [2.45, 2.75) is 44.9 Å². The van der Waals surface area contributed by atoms with Crippen LogP contribution in [0.4, 0.5) is 16.2 Å². The van der Waals surface area contributed by atoms with Crippen molar-refractivity contribution in [1.29, 1.82) is 0 Å². The minimum atomic E-state index is -0.293. The number of rotatable bonds is 9. The zero-order valence-corrected chi connectivity index (χ0v) is 17.5. The van der Waals surface area contributed by atoms with Crippen LogP contribution in [0.5, 0.6) is 0 Å². The highest BCUT2D eigenvalue weighted by Crippen LogP contribution is 2.19. The third-order valence-corrected chi connectivity index (χ3v) is 5.53. The number of hydrogen-bond donors (Lipinski definition) is 3. The van der Waals surface area contributed by atoms with Gasteiger partial charge >= 0.3 is 6.03 Å². The standard InChI is InChI=1S/C22H29N3O2S/c1-4-5-15-28-17(3)21(26)23-16(2)18-11-13-20(14-12-18)25-22(27)24-19-9-7-6-8-10-19/h6-14,16-17H,4-5,15H2,1-3H3,(H,23,26)(H2,24,25,27). The molecule has 3 N–H and O–H groups in total. The van der Waals surface area contributed by atoms with E-state index in [9.17, 15) is 9.59 Å². The van der Waals surface area contributed by atoms with Crippen LogP contribution in [0.1, 0.15) is 45.2 Å². The fraction of sp³-hybridized carbons (Fsp3) is 0.364. The molecule has 28 heavy (non-hydrogen) atoms. The van der Waals surface area contributed by atoms with E-state index in [1.165, 1.54) is 0 Å². The number of unbranched alkanes of at least 4 members (excludes halogenated alkanes) is 1. The monoisotopic (exact) mass is 399 g/mol. The van der Waals surface area contributed by atoms with Crippen LogP contribution in [-0.4, -0.2) is 22.9 Å². The second kappa shape index (κ2) is 11.4. The molecule has 150 valence electrons. The lowest BCUT2D eigenvalue weighted by molar-refractivity contribution is -0.120. The van der Waals surface area contributed by atoms with E-state index < -0.39 is 0 Å². The van der Waals surface area contributed by atoms with Gasteiger partial charge in [0.05, 0.1) is 11.3 Å². The average Bonchev–Trinajstić information content (AvgIpc) is 2.69. The van der Waals surface area contributed by atoms with Gasteiger partial charge in [0.25, 0.3) is 0 Å². The Morgan fingerprint density at radius 2 is 1.54 bits per heavy atom. The molecule has 0 spiro atoms. The molecule has 0 heterocycles. The van der Waals surface area contributed by atoms with Gasteiger partial charge in [0.2, 0.25) is 5.91 Å². The lowest BCUT2D eigenvalue weighted by Crippen LogP contribution is -2.33. The molecular formula is C22H29N3O2S. The summed E-state index contributed by atoms with van der Waals surface area (Å²) in [6.45, 7) is 6.06. The predicted molar refractivity (Wildman–Crippen MR) is 119 cm³/mol. The van der Waals surface area contributed by atoms with E-state index in [1.807, 2.05) is 68.4 Å². The summed E-state index contributed by atoms with van der Waals surface area (Å²) in [6.07, 6.45) is 2.27. The lowest BCUT2D eigenvalue weighted by Gasteiger charge is -2.18. The van der Waals surface area contributed by atoms with Crippen LogP contribution >= 0.6 is 11.8 Å². The number of carbonyl (C=O) groups excluding carboxylic acids is 2. The fourth-order valence-electron chi connectivity index (χ4n) is 2.56. The van der Waals surface area contributed by atoms with Gasteiger partial charge in [0.15, 0.2) is 0 Å². The number of urea groups is 1. The summed E-state index contributed by atoms with van der Waals surface area (Å²) in [7, 11) is 0. The molecule has 5 nitrogen and oxygen atoms in total. The second-order valence-corrected chi connectivity index (χ2v) is 8.11. The number of anilines is 2. The van der Waals surface area contributed by atoms with Crippen molar-refractivity contribution < 1.29 is 9.59 Å². The van der Waals surface area contributed by atoms with Crippen molar-refractivity contribution in [1.82, 2.24) is 5.32 Å². The van der Waals surface area contributed by atoms with E-state index >= 15 is 0 Å². The number of para-hydroxylation sites is 1. The van der Waals surface area contributed by atoms with Crippen molar-refractivity contribution in [3.8, 4) is 0 Å². The molecule has 0 saturated heterocycles. The normalized spacial score (nSPS) is 12.7. The molecule has 0 aliphatic rings. The van der Waals surface area contributed by atoms with E-state index in [0.29, 0.717) is 5.69 Å². The van der Waals surface area contributed by atoms with Crippen LogP contribution in [0.3, 0.4) is 0 Å². The summed E-state index contributed by atoms with van der Waals surface area (Å²) in [6, 6.07) is 16.4. The van der Waals surface area contributed by atoms with E-state index in [1.54, 1.807) is 11.8 Å². The number of carbonyl (C=O) groups is 2. The van der Waals surface area contributed by atoms with Gasteiger partial charge in [-0.3, -0.25) is 4.79 Å². The third kappa shape index (κ3) is 7.27. The van der Waals surface area contributed by atoms with Gasteiger partial charge in [-0.2, -0.15) is 0 Å². The van der Waals surface area contributed by atoms with Gasteiger partial charge in [-0.05, 0) is 55.9 Å². The van der Waals surface area contributed by atoms with Gasteiger partial charge in [-0.15, -0.1) is 11.8 Å². The second-order valence-electron chi connectivity index (χ2n) is 6.66. The molecule has 2 aromatic carbocycles. The third-order valence-electron chi connectivity index (χ3n) is 4.29. The van der Waals surface area contributed by atoms with E-state index in [2.05, 4.69) is 22.9 Å². The molecule has 0 fully saturated rings. The van der Waals surface area contributed by atoms with Gasteiger partial charge in [0.1, 0.15) is 0 Å². The van der Waals surface area contributed by atoms with Crippen LogP contribution in [0, 0.1) is 0 Å². The SMILES string of the molecule is CCCCSC(C)C(=O)NC(C)c1ccc(NC(=O)Nc2ccccc2)cc1. The average molecular weight is 400 g/mol. The maximum atomic E-state index is 12.3. The van der Waals surface area contributed by atoms with Crippen molar-refractivity contribution >= 4 is 35.1 Å². The number of nitrogens with one attached hydrogen (secondary N) is 3. The maximum Gasteiger partial charge on any atom is 0.323 e. The van der Waals surface area contributed by atoms with Crippen molar-refractivity contribution in [2.75, 3.05) is 16.4 Å².